The van der Waals surface area contributed by atoms with Crippen LogP contribution < -0.4 is 0 Å². The number of rotatable bonds is 6. The van der Waals surface area contributed by atoms with Gasteiger partial charge in [-0.1, -0.05) is 17.7 Å². The van der Waals surface area contributed by atoms with E-state index >= 15 is 0 Å². The lowest BCUT2D eigenvalue weighted by atomic mass is 9.90. The van der Waals surface area contributed by atoms with Crippen LogP contribution in [-0.2, 0) is 19.0 Å². The zero-order valence-corrected chi connectivity index (χ0v) is 18.1. The molecule has 0 aromatic heterocycles. The number of piperidine rings is 1. The van der Waals surface area contributed by atoms with Crippen LogP contribution >= 0.6 is 0 Å². The minimum absolute atomic E-state index is 0.0298. The van der Waals surface area contributed by atoms with E-state index in [4.69, 9.17) is 8.92 Å². The number of halogens is 2. The molecular formula is C20H29F2NO5S. The molecule has 0 radical (unpaired) electrons. The van der Waals surface area contributed by atoms with E-state index in [0.717, 1.165) is 5.56 Å². The number of likely N-dealkylation sites (tertiary alicyclic amines) is 1. The van der Waals surface area contributed by atoms with Crippen LogP contribution in [-0.4, -0.2) is 50.6 Å². The van der Waals surface area contributed by atoms with Crippen LogP contribution in [0.5, 0.6) is 0 Å². The Morgan fingerprint density at radius 3 is 2.45 bits per heavy atom. The molecule has 1 aliphatic rings. The van der Waals surface area contributed by atoms with Crippen molar-refractivity contribution < 1.29 is 30.9 Å². The summed E-state index contributed by atoms with van der Waals surface area (Å²) in [5, 5.41) is 0. The van der Waals surface area contributed by atoms with Crippen molar-refractivity contribution in [3.63, 3.8) is 0 Å². The van der Waals surface area contributed by atoms with Crippen LogP contribution in [0.4, 0.5) is 13.6 Å². The first-order valence-corrected chi connectivity index (χ1v) is 11.0. The molecule has 164 valence electrons. The van der Waals surface area contributed by atoms with E-state index in [1.807, 2.05) is 6.92 Å². The summed E-state index contributed by atoms with van der Waals surface area (Å²) in [6.45, 7) is 6.58. The van der Waals surface area contributed by atoms with Gasteiger partial charge in [0.05, 0.1) is 11.5 Å². The number of hydrogen-bond acceptors (Lipinski definition) is 5. The van der Waals surface area contributed by atoms with Crippen LogP contribution in [0.15, 0.2) is 29.2 Å². The molecule has 1 heterocycles. The predicted molar refractivity (Wildman–Crippen MR) is 104 cm³/mol. The highest BCUT2D eigenvalue weighted by molar-refractivity contribution is 7.86. The molecule has 1 aromatic carbocycles. The number of benzene rings is 1. The topological polar surface area (TPSA) is 72.9 Å². The second-order valence-corrected chi connectivity index (χ2v) is 9.98. The minimum atomic E-state index is -3.93. The van der Waals surface area contributed by atoms with Gasteiger partial charge in [-0.25, -0.2) is 13.6 Å². The second-order valence-electron chi connectivity index (χ2n) is 8.37. The first kappa shape index (κ1) is 23.5. The number of aryl methyl sites for hydroxylation is 1. The van der Waals surface area contributed by atoms with Gasteiger partial charge in [0.15, 0.2) is 0 Å². The summed E-state index contributed by atoms with van der Waals surface area (Å²) in [6, 6.07) is 6.20. The first-order valence-electron chi connectivity index (χ1n) is 9.62. The lowest BCUT2D eigenvalue weighted by Gasteiger charge is -2.38. The Hall–Kier alpha value is -1.74. The maximum absolute atomic E-state index is 14.3. The number of nitrogens with zero attached hydrogens (tertiary/aromatic N) is 1. The summed E-state index contributed by atoms with van der Waals surface area (Å²) in [5.41, 5.74) is 0.211. The van der Waals surface area contributed by atoms with Crippen molar-refractivity contribution in [1.82, 2.24) is 4.90 Å². The molecule has 0 N–H and O–H groups in total. The molecule has 0 spiro atoms. The standard InChI is InChI=1S/C20H29F2NO5S/c1-15-7-9-17(10-8-15)29(25,26)27-13-5-6-16-14-23(12-11-20(16,21)22)18(24)28-19(2,3)4/h7-10,16H,5-6,11-14H2,1-4H3. The number of amides is 1. The second kappa shape index (κ2) is 8.95. The molecule has 6 nitrogen and oxygen atoms in total. The molecule has 1 amide bonds. The van der Waals surface area contributed by atoms with Crippen molar-refractivity contribution >= 4 is 16.2 Å². The Kier molecular flexibility index (Phi) is 7.27. The van der Waals surface area contributed by atoms with Gasteiger partial charge in [-0.05, 0) is 52.7 Å². The highest BCUT2D eigenvalue weighted by Crippen LogP contribution is 2.36. The molecular weight excluding hydrogens is 404 g/mol. The van der Waals surface area contributed by atoms with Crippen LogP contribution in [0.2, 0.25) is 0 Å². The van der Waals surface area contributed by atoms with E-state index in [1.165, 1.54) is 17.0 Å². The Morgan fingerprint density at radius 2 is 1.86 bits per heavy atom. The molecule has 0 aliphatic carbocycles. The number of carbonyl (C=O) groups excluding carboxylic acids is 1. The normalized spacial score (nSPS) is 19.8. The summed E-state index contributed by atoms with van der Waals surface area (Å²) in [7, 11) is -3.93. The third-order valence-corrected chi connectivity index (χ3v) is 5.98. The molecule has 0 bridgehead atoms. The van der Waals surface area contributed by atoms with Crippen molar-refractivity contribution in [2.45, 2.75) is 63.4 Å². The smallest absolute Gasteiger partial charge is 0.410 e. The predicted octanol–water partition coefficient (Wildman–Crippen LogP) is 4.37. The molecule has 1 aliphatic heterocycles. The Bertz CT molecular complexity index is 803. The quantitative estimate of drug-likeness (QED) is 0.492. The maximum atomic E-state index is 14.3. The zero-order chi connectivity index (χ0) is 21.9. The van der Waals surface area contributed by atoms with Crippen LogP contribution in [0.25, 0.3) is 0 Å². The Morgan fingerprint density at radius 1 is 1.24 bits per heavy atom. The van der Waals surface area contributed by atoms with Crippen molar-refractivity contribution in [2.24, 2.45) is 5.92 Å². The molecule has 1 atom stereocenters. The van der Waals surface area contributed by atoms with Gasteiger partial charge in [0.25, 0.3) is 16.0 Å². The molecule has 1 fully saturated rings. The lowest BCUT2D eigenvalue weighted by molar-refractivity contribution is -0.108. The third-order valence-electron chi connectivity index (χ3n) is 4.65. The average molecular weight is 434 g/mol. The zero-order valence-electron chi connectivity index (χ0n) is 17.3. The van der Waals surface area contributed by atoms with Crippen molar-refractivity contribution in [3.8, 4) is 0 Å². The fraction of sp³-hybridized carbons (Fsp3) is 0.650. The lowest BCUT2D eigenvalue weighted by Crippen LogP contribution is -2.50. The first-order chi connectivity index (χ1) is 13.3. The molecule has 1 aromatic rings. The number of carbonyl (C=O) groups is 1. The van der Waals surface area contributed by atoms with Gasteiger partial charge in [0, 0.05) is 25.4 Å². The van der Waals surface area contributed by atoms with Crippen molar-refractivity contribution in [1.29, 1.82) is 0 Å². The number of alkyl halides is 2. The van der Waals surface area contributed by atoms with Gasteiger partial charge >= 0.3 is 6.09 Å². The highest BCUT2D eigenvalue weighted by Gasteiger charge is 2.45. The van der Waals surface area contributed by atoms with Gasteiger partial charge < -0.3 is 9.64 Å². The Labute approximate surface area is 171 Å². The molecule has 1 saturated heterocycles. The minimum Gasteiger partial charge on any atom is -0.444 e. The van der Waals surface area contributed by atoms with Gasteiger partial charge in [0.2, 0.25) is 0 Å². The van der Waals surface area contributed by atoms with Crippen molar-refractivity contribution in [3.05, 3.63) is 29.8 Å². The van der Waals surface area contributed by atoms with Crippen LogP contribution in [0.1, 0.15) is 45.6 Å². The number of hydrogen-bond donors (Lipinski definition) is 0. The van der Waals surface area contributed by atoms with Gasteiger partial charge in [-0.15, -0.1) is 0 Å². The van der Waals surface area contributed by atoms with Crippen LogP contribution in [0.3, 0.4) is 0 Å². The number of ether oxygens (including phenoxy) is 1. The van der Waals surface area contributed by atoms with Gasteiger partial charge in [0.1, 0.15) is 5.60 Å². The largest absolute Gasteiger partial charge is 0.444 e. The van der Waals surface area contributed by atoms with E-state index in [9.17, 15) is 22.0 Å². The van der Waals surface area contributed by atoms with E-state index in [1.54, 1.807) is 32.9 Å². The summed E-state index contributed by atoms with van der Waals surface area (Å²) in [5.74, 6) is -4.00. The SMILES string of the molecule is Cc1ccc(S(=O)(=O)OCCCC2CN(C(=O)OC(C)(C)C)CCC2(F)F)cc1. The summed E-state index contributed by atoms with van der Waals surface area (Å²) in [4.78, 5) is 13.5. The fourth-order valence-electron chi connectivity index (χ4n) is 3.05. The van der Waals surface area contributed by atoms with Crippen molar-refractivity contribution in [2.75, 3.05) is 19.7 Å². The molecule has 1 unspecified atom stereocenters. The maximum Gasteiger partial charge on any atom is 0.410 e. The van der Waals surface area contributed by atoms with E-state index < -0.39 is 40.1 Å². The fourth-order valence-corrected chi connectivity index (χ4v) is 3.99. The van der Waals surface area contributed by atoms with Gasteiger partial charge in [-0.2, -0.15) is 8.42 Å². The average Bonchev–Trinajstić information content (AvgIpc) is 2.58. The molecule has 2 rings (SSSR count). The highest BCUT2D eigenvalue weighted by atomic mass is 32.2. The molecule has 0 saturated carbocycles. The van der Waals surface area contributed by atoms with E-state index in [2.05, 4.69) is 0 Å². The summed E-state index contributed by atoms with van der Waals surface area (Å²) in [6.07, 6.45) is -0.890. The summed E-state index contributed by atoms with van der Waals surface area (Å²) >= 11 is 0. The van der Waals surface area contributed by atoms with E-state index in [0.29, 0.717) is 0 Å². The van der Waals surface area contributed by atoms with E-state index in [-0.39, 0.29) is 37.4 Å². The van der Waals surface area contributed by atoms with Crippen LogP contribution in [0, 0.1) is 12.8 Å². The molecule has 29 heavy (non-hydrogen) atoms. The van der Waals surface area contributed by atoms with Gasteiger partial charge in [-0.3, -0.25) is 4.18 Å². The Balaban J connectivity index is 1.89. The summed E-state index contributed by atoms with van der Waals surface area (Å²) < 4.78 is 63.1. The monoisotopic (exact) mass is 433 g/mol. The molecule has 9 heteroatoms. The third kappa shape index (κ3) is 6.92.